The lowest BCUT2D eigenvalue weighted by molar-refractivity contribution is 0.0602. The number of benzene rings is 1. The lowest BCUT2D eigenvalue weighted by Gasteiger charge is -2.07. The molecule has 0 heterocycles. The molecular formula is C9H7IN2O5S. The standard InChI is InChI=1S/C9H7IN2O5S/c1-17-8(13)6-3-2-5(10)4-7(6)11-9(14)12-18(15)16/h2-4H,1H3,(H,11,14). The number of rotatable bonds is 2. The number of hydrogen-bond acceptors (Lipinski definition) is 5. The Morgan fingerprint density at radius 2 is 2.06 bits per heavy atom. The van der Waals surface area contributed by atoms with Crippen molar-refractivity contribution in [3.05, 3.63) is 27.3 Å². The molecule has 0 aliphatic heterocycles. The number of amides is 2. The Bertz CT molecular complexity index is 618. The van der Waals surface area contributed by atoms with Gasteiger partial charge in [-0.3, -0.25) is 0 Å². The Kier molecular flexibility index (Phi) is 5.22. The number of ether oxygens (including phenoxy) is 1. The van der Waals surface area contributed by atoms with E-state index in [1.54, 1.807) is 6.07 Å². The van der Waals surface area contributed by atoms with Crippen molar-refractivity contribution in [3.8, 4) is 0 Å². The molecule has 0 radical (unpaired) electrons. The Balaban J connectivity index is 3.14. The number of halogens is 1. The zero-order chi connectivity index (χ0) is 13.7. The maximum Gasteiger partial charge on any atom is 0.360 e. The van der Waals surface area contributed by atoms with Gasteiger partial charge in [0.05, 0.1) is 18.4 Å². The number of esters is 1. The third-order valence-electron chi connectivity index (χ3n) is 1.79. The number of carbonyl (C=O) groups is 2. The van der Waals surface area contributed by atoms with Crippen molar-refractivity contribution >= 4 is 50.8 Å². The van der Waals surface area contributed by atoms with E-state index >= 15 is 0 Å². The van der Waals surface area contributed by atoms with E-state index in [4.69, 9.17) is 0 Å². The molecule has 0 saturated carbocycles. The minimum Gasteiger partial charge on any atom is -0.465 e. The molecule has 0 unspecified atom stereocenters. The monoisotopic (exact) mass is 382 g/mol. The van der Waals surface area contributed by atoms with Crippen LogP contribution in [0.1, 0.15) is 10.4 Å². The van der Waals surface area contributed by atoms with Crippen LogP contribution in [-0.2, 0) is 15.2 Å². The van der Waals surface area contributed by atoms with Crippen molar-refractivity contribution in [1.82, 2.24) is 0 Å². The molecule has 0 atom stereocenters. The molecule has 0 bridgehead atoms. The van der Waals surface area contributed by atoms with Gasteiger partial charge in [-0.2, -0.15) is 8.42 Å². The number of nitrogens with zero attached hydrogens (tertiary/aromatic N) is 1. The molecule has 0 fully saturated rings. The average Bonchev–Trinajstić information content (AvgIpc) is 2.27. The van der Waals surface area contributed by atoms with Gasteiger partial charge in [-0.25, -0.2) is 9.59 Å². The Morgan fingerprint density at radius 3 is 2.61 bits per heavy atom. The zero-order valence-electron chi connectivity index (χ0n) is 9.01. The van der Waals surface area contributed by atoms with E-state index in [0.717, 1.165) is 3.57 Å². The molecule has 1 N–H and O–H groups in total. The van der Waals surface area contributed by atoms with E-state index in [1.165, 1.54) is 19.2 Å². The van der Waals surface area contributed by atoms with Crippen molar-refractivity contribution in [2.24, 2.45) is 4.36 Å². The fourth-order valence-corrected chi connectivity index (χ4v) is 1.79. The summed E-state index contributed by atoms with van der Waals surface area (Å²) in [6.45, 7) is 0. The van der Waals surface area contributed by atoms with Crippen molar-refractivity contribution in [2.45, 2.75) is 0 Å². The minimum atomic E-state index is -2.85. The van der Waals surface area contributed by atoms with Gasteiger partial charge in [-0.15, -0.1) is 0 Å². The summed E-state index contributed by atoms with van der Waals surface area (Å²) in [5, 5.41) is 2.19. The van der Waals surface area contributed by atoms with Crippen LogP contribution in [0.4, 0.5) is 10.5 Å². The van der Waals surface area contributed by atoms with Crippen LogP contribution in [0.25, 0.3) is 0 Å². The number of hydrogen-bond donors (Lipinski definition) is 1. The zero-order valence-corrected chi connectivity index (χ0v) is 12.0. The van der Waals surface area contributed by atoms with Crippen LogP contribution in [0.3, 0.4) is 0 Å². The first-order chi connectivity index (χ1) is 8.43. The largest absolute Gasteiger partial charge is 0.465 e. The smallest absolute Gasteiger partial charge is 0.360 e. The summed E-state index contributed by atoms with van der Waals surface area (Å²) in [6, 6.07) is 3.51. The molecule has 18 heavy (non-hydrogen) atoms. The van der Waals surface area contributed by atoms with Crippen LogP contribution < -0.4 is 5.32 Å². The first-order valence-corrected chi connectivity index (χ1v) is 6.55. The van der Waals surface area contributed by atoms with Gasteiger partial charge in [0.15, 0.2) is 0 Å². The van der Waals surface area contributed by atoms with Gasteiger partial charge >= 0.3 is 22.5 Å². The van der Waals surface area contributed by atoms with Crippen molar-refractivity contribution in [1.29, 1.82) is 0 Å². The summed E-state index contributed by atoms with van der Waals surface area (Å²) in [5.74, 6) is -0.648. The average molecular weight is 382 g/mol. The molecule has 0 spiro atoms. The third-order valence-corrected chi connectivity index (χ3v) is 2.77. The lowest BCUT2D eigenvalue weighted by atomic mass is 10.2. The molecule has 0 aliphatic rings. The highest BCUT2D eigenvalue weighted by Crippen LogP contribution is 2.20. The topological polar surface area (TPSA) is 102 Å². The van der Waals surface area contributed by atoms with E-state index in [-0.39, 0.29) is 11.3 Å². The van der Waals surface area contributed by atoms with Crippen LogP contribution in [-0.4, -0.2) is 27.5 Å². The number of urea groups is 1. The molecule has 1 rings (SSSR count). The van der Waals surface area contributed by atoms with Crippen molar-refractivity contribution < 1.29 is 22.7 Å². The third kappa shape index (κ3) is 4.07. The number of methoxy groups -OCH3 is 1. The molecule has 1 aromatic carbocycles. The van der Waals surface area contributed by atoms with Crippen LogP contribution in [0.5, 0.6) is 0 Å². The quantitative estimate of drug-likeness (QED) is 0.620. The fourth-order valence-electron chi connectivity index (χ4n) is 1.11. The highest BCUT2D eigenvalue weighted by Gasteiger charge is 2.14. The second kappa shape index (κ2) is 6.44. The van der Waals surface area contributed by atoms with Gasteiger partial charge in [0, 0.05) is 3.57 Å². The second-order valence-corrected chi connectivity index (χ2v) is 4.78. The fraction of sp³-hybridized carbons (Fsp3) is 0.111. The van der Waals surface area contributed by atoms with E-state index in [0.29, 0.717) is 0 Å². The second-order valence-electron chi connectivity index (χ2n) is 2.92. The molecule has 1 aromatic rings. The van der Waals surface area contributed by atoms with Crippen molar-refractivity contribution in [3.63, 3.8) is 0 Å². The Labute approximate surface area is 117 Å². The lowest BCUT2D eigenvalue weighted by Crippen LogP contribution is -2.12. The van der Waals surface area contributed by atoms with E-state index in [2.05, 4.69) is 14.4 Å². The first-order valence-electron chi connectivity index (χ1n) is 4.44. The Morgan fingerprint density at radius 1 is 1.39 bits per heavy atom. The van der Waals surface area contributed by atoms with E-state index < -0.39 is 22.5 Å². The summed E-state index contributed by atoms with van der Waals surface area (Å²) in [6.07, 6.45) is 0. The molecular weight excluding hydrogens is 375 g/mol. The van der Waals surface area contributed by atoms with E-state index in [1.807, 2.05) is 22.6 Å². The molecule has 7 nitrogen and oxygen atoms in total. The minimum absolute atomic E-state index is 0.109. The first kappa shape index (κ1) is 14.6. The summed E-state index contributed by atoms with van der Waals surface area (Å²) >= 11 is 1.97. The summed E-state index contributed by atoms with van der Waals surface area (Å²) in [5.41, 5.74) is 0.242. The maximum absolute atomic E-state index is 11.4. The van der Waals surface area contributed by atoms with Gasteiger partial charge in [-0.1, -0.05) is 4.36 Å². The molecule has 2 amide bonds. The van der Waals surface area contributed by atoms with Gasteiger partial charge in [-0.05, 0) is 40.8 Å². The summed E-state index contributed by atoms with van der Waals surface area (Å²) in [4.78, 5) is 22.6. The molecule has 0 aliphatic carbocycles. The van der Waals surface area contributed by atoms with E-state index in [9.17, 15) is 18.0 Å². The number of anilines is 1. The Hall–Kier alpha value is -1.49. The van der Waals surface area contributed by atoms with Gasteiger partial charge < -0.3 is 10.1 Å². The van der Waals surface area contributed by atoms with Gasteiger partial charge in [0.25, 0.3) is 0 Å². The maximum atomic E-state index is 11.4. The summed E-state index contributed by atoms with van der Waals surface area (Å²) in [7, 11) is -1.65. The van der Waals surface area contributed by atoms with Crippen LogP contribution in [0.15, 0.2) is 22.6 Å². The molecule has 96 valence electrons. The predicted molar refractivity (Wildman–Crippen MR) is 70.9 cm³/mol. The highest BCUT2D eigenvalue weighted by molar-refractivity contribution is 14.1. The molecule has 0 aromatic heterocycles. The van der Waals surface area contributed by atoms with Crippen molar-refractivity contribution in [2.75, 3.05) is 12.4 Å². The van der Waals surface area contributed by atoms with Gasteiger partial charge in [0.2, 0.25) is 0 Å². The predicted octanol–water partition coefficient (Wildman–Crippen LogP) is 1.67. The normalized spacial score (nSPS) is 9.44. The highest BCUT2D eigenvalue weighted by atomic mass is 127. The van der Waals surface area contributed by atoms with Gasteiger partial charge in [0.1, 0.15) is 0 Å². The summed E-state index contributed by atoms with van der Waals surface area (Å²) < 4.78 is 28.5. The molecule has 9 heteroatoms. The number of nitrogens with one attached hydrogen (secondary N) is 1. The molecule has 0 saturated heterocycles. The SMILES string of the molecule is COC(=O)c1ccc(I)cc1NC(=O)N=S(=O)=O. The number of carbonyl (C=O) groups excluding carboxylic acids is 2. The van der Waals surface area contributed by atoms with Crippen LogP contribution in [0.2, 0.25) is 0 Å². The van der Waals surface area contributed by atoms with Crippen LogP contribution >= 0.6 is 22.6 Å². The van der Waals surface area contributed by atoms with Crippen LogP contribution in [0, 0.1) is 3.57 Å².